The number of ether oxygens (including phenoxy) is 1. The molecule has 0 saturated heterocycles. The van der Waals surface area contributed by atoms with E-state index in [1.54, 1.807) is 20.8 Å². The highest BCUT2D eigenvalue weighted by Gasteiger charge is 2.30. The van der Waals surface area contributed by atoms with E-state index in [0.717, 1.165) is 21.2 Å². The maximum atomic E-state index is 12.2. The molecule has 128 valence electrons. The number of aliphatic carboxylic acids is 1. The molecule has 0 radical (unpaired) electrons. The van der Waals surface area contributed by atoms with Crippen LogP contribution in [0.2, 0.25) is 0 Å². The highest BCUT2D eigenvalue weighted by atomic mass is 16.6. The van der Waals surface area contributed by atoms with E-state index in [0.29, 0.717) is 0 Å². The zero-order valence-corrected chi connectivity index (χ0v) is 14.4. The number of hydrogen-bond acceptors (Lipinski definition) is 3. The van der Waals surface area contributed by atoms with Gasteiger partial charge in [0.05, 0.1) is 0 Å². The third kappa shape index (κ3) is 4.25. The Bertz CT molecular complexity index is 743. The maximum Gasteiger partial charge on any atom is 0.410 e. The summed E-state index contributed by atoms with van der Waals surface area (Å²) in [6.45, 7) is 5.25. The number of carbonyl (C=O) groups is 2. The Kier molecular flexibility index (Phi) is 5.12. The smallest absolute Gasteiger partial charge is 0.410 e. The molecule has 1 atom stereocenters. The average molecular weight is 329 g/mol. The molecule has 1 unspecified atom stereocenters. The van der Waals surface area contributed by atoms with Gasteiger partial charge in [-0.05, 0) is 37.1 Å². The predicted octanol–water partition coefficient (Wildman–Crippen LogP) is 3.70. The average Bonchev–Trinajstić information content (AvgIpc) is 2.50. The van der Waals surface area contributed by atoms with Crippen LogP contribution in [0.3, 0.4) is 0 Å². The number of amides is 1. The van der Waals surface area contributed by atoms with Crippen LogP contribution in [0.15, 0.2) is 42.5 Å². The van der Waals surface area contributed by atoms with E-state index >= 15 is 0 Å². The monoisotopic (exact) mass is 329 g/mol. The Hall–Kier alpha value is -2.56. The van der Waals surface area contributed by atoms with Crippen molar-refractivity contribution >= 4 is 22.8 Å². The van der Waals surface area contributed by atoms with Crippen molar-refractivity contribution in [3.63, 3.8) is 0 Å². The first-order chi connectivity index (χ1) is 11.2. The lowest BCUT2D eigenvalue weighted by atomic mass is 9.98. The lowest BCUT2D eigenvalue weighted by molar-refractivity contribution is -0.142. The van der Waals surface area contributed by atoms with Crippen LogP contribution in [-0.4, -0.2) is 40.8 Å². The molecule has 0 aromatic heterocycles. The summed E-state index contributed by atoms with van der Waals surface area (Å²) in [5.74, 6) is -1.06. The number of nitrogens with zero attached hydrogens (tertiary/aromatic N) is 1. The standard InChI is InChI=1S/C19H23NO4/c1-19(2,3)24-18(23)20(4)16(17(21)22)12-14-10-7-9-13-8-5-6-11-15(13)14/h5-11,16H,12H2,1-4H3,(H,21,22). The Morgan fingerprint density at radius 3 is 2.38 bits per heavy atom. The molecule has 0 aliphatic rings. The van der Waals surface area contributed by atoms with E-state index in [9.17, 15) is 14.7 Å². The molecule has 0 spiro atoms. The van der Waals surface area contributed by atoms with Gasteiger partial charge in [0.25, 0.3) is 0 Å². The summed E-state index contributed by atoms with van der Waals surface area (Å²) in [4.78, 5) is 25.0. The summed E-state index contributed by atoms with van der Waals surface area (Å²) in [6.07, 6.45) is -0.429. The van der Waals surface area contributed by atoms with Crippen molar-refractivity contribution in [3.8, 4) is 0 Å². The predicted molar refractivity (Wildman–Crippen MR) is 93.1 cm³/mol. The van der Waals surface area contributed by atoms with Gasteiger partial charge in [-0.2, -0.15) is 0 Å². The minimum absolute atomic E-state index is 0.215. The number of carbonyl (C=O) groups excluding carboxylic acids is 1. The normalized spacial score (nSPS) is 12.7. The third-order valence-corrected chi connectivity index (χ3v) is 3.73. The molecular weight excluding hydrogens is 306 g/mol. The van der Waals surface area contributed by atoms with E-state index in [-0.39, 0.29) is 6.42 Å². The van der Waals surface area contributed by atoms with Gasteiger partial charge >= 0.3 is 12.1 Å². The third-order valence-electron chi connectivity index (χ3n) is 3.73. The van der Waals surface area contributed by atoms with Gasteiger partial charge < -0.3 is 9.84 Å². The van der Waals surface area contributed by atoms with Crippen LogP contribution in [0.5, 0.6) is 0 Å². The van der Waals surface area contributed by atoms with Gasteiger partial charge in [0.2, 0.25) is 0 Å². The van der Waals surface area contributed by atoms with Gasteiger partial charge in [0.15, 0.2) is 0 Å². The quantitative estimate of drug-likeness (QED) is 0.929. The molecule has 0 aliphatic heterocycles. The van der Waals surface area contributed by atoms with Crippen LogP contribution in [0.1, 0.15) is 26.3 Å². The lowest BCUT2D eigenvalue weighted by Gasteiger charge is -2.28. The number of benzene rings is 2. The molecule has 0 aliphatic carbocycles. The van der Waals surface area contributed by atoms with E-state index in [2.05, 4.69) is 0 Å². The van der Waals surface area contributed by atoms with Crippen molar-refractivity contribution in [2.45, 2.75) is 38.8 Å². The molecule has 0 saturated carbocycles. The second kappa shape index (κ2) is 6.91. The number of likely N-dealkylation sites (N-methyl/N-ethyl adjacent to an activating group) is 1. The van der Waals surface area contributed by atoms with Gasteiger partial charge in [-0.15, -0.1) is 0 Å². The summed E-state index contributed by atoms with van der Waals surface area (Å²) in [7, 11) is 1.46. The first-order valence-electron chi connectivity index (χ1n) is 7.84. The SMILES string of the molecule is CN(C(=O)OC(C)(C)C)C(Cc1cccc2ccccc12)C(=O)O. The van der Waals surface area contributed by atoms with Crippen molar-refractivity contribution in [3.05, 3.63) is 48.0 Å². The fraction of sp³-hybridized carbons (Fsp3) is 0.368. The summed E-state index contributed by atoms with van der Waals surface area (Å²) in [6, 6.07) is 12.6. The Labute approximate surface area is 141 Å². The van der Waals surface area contributed by atoms with Gasteiger partial charge in [-0.3, -0.25) is 4.90 Å². The lowest BCUT2D eigenvalue weighted by Crippen LogP contribution is -2.46. The molecule has 5 heteroatoms. The van der Waals surface area contributed by atoms with Gasteiger partial charge in [-0.25, -0.2) is 9.59 Å². The van der Waals surface area contributed by atoms with Crippen molar-refractivity contribution in [1.82, 2.24) is 4.90 Å². The second-order valence-corrected chi connectivity index (χ2v) is 6.79. The van der Waals surface area contributed by atoms with Crippen LogP contribution < -0.4 is 0 Å². The minimum atomic E-state index is -1.06. The molecule has 5 nitrogen and oxygen atoms in total. The summed E-state index contributed by atoms with van der Waals surface area (Å²) < 4.78 is 5.28. The molecular formula is C19H23NO4. The minimum Gasteiger partial charge on any atom is -0.480 e. The molecule has 1 N–H and O–H groups in total. The van der Waals surface area contributed by atoms with Crippen LogP contribution >= 0.6 is 0 Å². The molecule has 0 fully saturated rings. The Morgan fingerprint density at radius 2 is 1.75 bits per heavy atom. The highest BCUT2D eigenvalue weighted by Crippen LogP contribution is 2.21. The fourth-order valence-electron chi connectivity index (χ4n) is 2.53. The largest absolute Gasteiger partial charge is 0.480 e. The number of fused-ring (bicyclic) bond motifs is 1. The maximum absolute atomic E-state index is 12.2. The van der Waals surface area contributed by atoms with E-state index in [1.165, 1.54) is 7.05 Å². The molecule has 2 aromatic carbocycles. The number of carboxylic acid groups (broad SMARTS) is 1. The zero-order chi connectivity index (χ0) is 17.9. The second-order valence-electron chi connectivity index (χ2n) is 6.79. The molecule has 2 aromatic rings. The van der Waals surface area contributed by atoms with Gasteiger partial charge in [0, 0.05) is 13.5 Å². The first-order valence-corrected chi connectivity index (χ1v) is 7.84. The molecule has 0 heterocycles. The number of rotatable bonds is 4. The van der Waals surface area contributed by atoms with Crippen LogP contribution in [0.25, 0.3) is 10.8 Å². The van der Waals surface area contributed by atoms with E-state index in [1.807, 2.05) is 42.5 Å². The Morgan fingerprint density at radius 1 is 1.12 bits per heavy atom. The topological polar surface area (TPSA) is 66.8 Å². The van der Waals surface area contributed by atoms with Gasteiger partial charge in [-0.1, -0.05) is 42.5 Å². The van der Waals surface area contributed by atoms with Crippen LogP contribution in [-0.2, 0) is 16.0 Å². The van der Waals surface area contributed by atoms with Crippen LogP contribution in [0, 0.1) is 0 Å². The van der Waals surface area contributed by atoms with E-state index < -0.39 is 23.7 Å². The summed E-state index contributed by atoms with van der Waals surface area (Å²) in [5, 5.41) is 11.6. The fourth-order valence-corrected chi connectivity index (χ4v) is 2.53. The van der Waals surface area contributed by atoms with Crippen molar-refractivity contribution < 1.29 is 19.4 Å². The summed E-state index contributed by atoms with van der Waals surface area (Å²) >= 11 is 0. The van der Waals surface area contributed by atoms with Crippen molar-refractivity contribution in [2.75, 3.05) is 7.05 Å². The van der Waals surface area contributed by atoms with E-state index in [4.69, 9.17) is 4.74 Å². The number of hydrogen-bond donors (Lipinski definition) is 1. The first kappa shape index (κ1) is 17.8. The molecule has 1 amide bonds. The summed E-state index contributed by atoms with van der Waals surface area (Å²) in [5.41, 5.74) is 0.212. The van der Waals surface area contributed by atoms with Gasteiger partial charge in [0.1, 0.15) is 11.6 Å². The molecule has 0 bridgehead atoms. The zero-order valence-electron chi connectivity index (χ0n) is 14.4. The Balaban J connectivity index is 2.28. The number of carboxylic acids is 1. The highest BCUT2D eigenvalue weighted by molar-refractivity contribution is 5.87. The molecule has 2 rings (SSSR count). The van der Waals surface area contributed by atoms with Crippen molar-refractivity contribution in [1.29, 1.82) is 0 Å². The van der Waals surface area contributed by atoms with Crippen molar-refractivity contribution in [2.24, 2.45) is 0 Å². The van der Waals surface area contributed by atoms with Crippen LogP contribution in [0.4, 0.5) is 4.79 Å². The molecule has 24 heavy (non-hydrogen) atoms.